The summed E-state index contributed by atoms with van der Waals surface area (Å²) in [7, 11) is 1.69. The highest BCUT2D eigenvalue weighted by molar-refractivity contribution is 5.93. The number of rotatable bonds is 2. The van der Waals surface area contributed by atoms with E-state index >= 15 is 0 Å². The third-order valence-corrected chi connectivity index (χ3v) is 3.37. The molecule has 18 heavy (non-hydrogen) atoms. The number of piperazine rings is 1. The lowest BCUT2D eigenvalue weighted by atomic mass is 10.1. The molecule has 2 heterocycles. The van der Waals surface area contributed by atoms with Crippen molar-refractivity contribution in [3.8, 4) is 5.75 Å². The van der Waals surface area contributed by atoms with Gasteiger partial charge >= 0.3 is 0 Å². The minimum atomic E-state index is 0.889. The smallest absolute Gasteiger partial charge is 0.136 e. The molecular formula is C14H17N3O. The van der Waals surface area contributed by atoms with Crippen molar-refractivity contribution in [2.75, 3.05) is 38.2 Å². The highest BCUT2D eigenvalue weighted by Crippen LogP contribution is 2.27. The second kappa shape index (κ2) is 4.82. The molecule has 0 atom stereocenters. The summed E-state index contributed by atoms with van der Waals surface area (Å²) in [5, 5.41) is 5.73. The Morgan fingerprint density at radius 1 is 1.22 bits per heavy atom. The van der Waals surface area contributed by atoms with E-state index in [0.717, 1.165) is 37.7 Å². The van der Waals surface area contributed by atoms with E-state index in [1.165, 1.54) is 10.8 Å². The Morgan fingerprint density at radius 2 is 2.06 bits per heavy atom. The number of nitrogens with zero attached hydrogens (tertiary/aromatic N) is 2. The number of methoxy groups -OCH3 is 1. The van der Waals surface area contributed by atoms with Gasteiger partial charge in [-0.25, -0.2) is 4.98 Å². The number of ether oxygens (including phenoxy) is 1. The molecule has 4 nitrogen and oxygen atoms in total. The standard InChI is InChI=1S/C14H17N3O/c1-18-12-2-3-13-11(10-12)4-5-16-14(13)17-8-6-15-7-9-17/h2-5,10,15H,6-9H2,1H3. The largest absolute Gasteiger partial charge is 0.497 e. The van der Waals surface area contributed by atoms with Crippen LogP contribution in [-0.4, -0.2) is 38.3 Å². The SMILES string of the molecule is COc1ccc2c(N3CCNCC3)nccc2c1. The van der Waals surface area contributed by atoms with Gasteiger partial charge in [0.2, 0.25) is 0 Å². The summed E-state index contributed by atoms with van der Waals surface area (Å²) >= 11 is 0. The van der Waals surface area contributed by atoms with Crippen LogP contribution in [0.5, 0.6) is 5.75 Å². The molecule has 0 bridgehead atoms. The monoisotopic (exact) mass is 243 g/mol. The van der Waals surface area contributed by atoms with Crippen molar-refractivity contribution in [3.05, 3.63) is 30.5 Å². The summed E-state index contributed by atoms with van der Waals surface area (Å²) in [6, 6.07) is 8.18. The van der Waals surface area contributed by atoms with Crippen LogP contribution in [0.15, 0.2) is 30.5 Å². The summed E-state index contributed by atoms with van der Waals surface area (Å²) in [6.45, 7) is 4.07. The maximum absolute atomic E-state index is 5.26. The molecule has 2 aromatic rings. The second-order valence-electron chi connectivity index (χ2n) is 4.46. The van der Waals surface area contributed by atoms with Crippen LogP contribution in [0.25, 0.3) is 10.8 Å². The van der Waals surface area contributed by atoms with Crippen molar-refractivity contribution in [1.82, 2.24) is 10.3 Å². The van der Waals surface area contributed by atoms with Crippen molar-refractivity contribution < 1.29 is 4.74 Å². The molecule has 3 rings (SSSR count). The molecule has 1 aliphatic rings. The molecule has 0 amide bonds. The van der Waals surface area contributed by atoms with Gasteiger partial charge in [0.25, 0.3) is 0 Å². The third-order valence-electron chi connectivity index (χ3n) is 3.37. The van der Waals surface area contributed by atoms with Gasteiger partial charge < -0.3 is 15.0 Å². The lowest BCUT2D eigenvalue weighted by Gasteiger charge is -2.29. The predicted molar refractivity (Wildman–Crippen MR) is 73.4 cm³/mol. The van der Waals surface area contributed by atoms with Crippen LogP contribution in [0, 0.1) is 0 Å². The molecule has 0 aliphatic carbocycles. The number of hydrogen-bond donors (Lipinski definition) is 1. The van der Waals surface area contributed by atoms with Gasteiger partial charge in [-0.15, -0.1) is 0 Å². The van der Waals surface area contributed by atoms with Gasteiger partial charge in [0.05, 0.1) is 7.11 Å². The van der Waals surface area contributed by atoms with E-state index in [-0.39, 0.29) is 0 Å². The van der Waals surface area contributed by atoms with E-state index in [0.29, 0.717) is 0 Å². The fourth-order valence-electron chi connectivity index (χ4n) is 2.40. The maximum Gasteiger partial charge on any atom is 0.136 e. The van der Waals surface area contributed by atoms with Crippen LogP contribution in [0.3, 0.4) is 0 Å². The number of nitrogens with one attached hydrogen (secondary N) is 1. The molecular weight excluding hydrogens is 226 g/mol. The van der Waals surface area contributed by atoms with Gasteiger partial charge in [-0.3, -0.25) is 0 Å². The molecule has 0 spiro atoms. The van der Waals surface area contributed by atoms with E-state index in [1.807, 2.05) is 18.3 Å². The number of fused-ring (bicyclic) bond motifs is 1. The first-order valence-corrected chi connectivity index (χ1v) is 6.27. The highest BCUT2D eigenvalue weighted by atomic mass is 16.5. The quantitative estimate of drug-likeness (QED) is 0.870. The Hall–Kier alpha value is -1.81. The van der Waals surface area contributed by atoms with Crippen molar-refractivity contribution in [3.63, 3.8) is 0 Å². The van der Waals surface area contributed by atoms with Gasteiger partial charge in [0, 0.05) is 37.8 Å². The summed E-state index contributed by atoms with van der Waals surface area (Å²) in [4.78, 5) is 6.88. The molecule has 0 saturated carbocycles. The molecule has 0 radical (unpaired) electrons. The molecule has 1 aliphatic heterocycles. The first kappa shape index (κ1) is 11.3. The Morgan fingerprint density at radius 3 is 2.83 bits per heavy atom. The molecule has 4 heteroatoms. The van der Waals surface area contributed by atoms with Crippen LogP contribution < -0.4 is 15.0 Å². The van der Waals surface area contributed by atoms with Crippen LogP contribution in [0.1, 0.15) is 0 Å². The number of anilines is 1. The van der Waals surface area contributed by atoms with Crippen molar-refractivity contribution >= 4 is 16.6 Å². The third kappa shape index (κ3) is 1.99. The zero-order chi connectivity index (χ0) is 12.4. The van der Waals surface area contributed by atoms with Gasteiger partial charge in [0.15, 0.2) is 0 Å². The summed E-state index contributed by atoms with van der Waals surface area (Å²) in [5.74, 6) is 1.97. The zero-order valence-electron chi connectivity index (χ0n) is 10.5. The highest BCUT2D eigenvalue weighted by Gasteiger charge is 2.14. The zero-order valence-corrected chi connectivity index (χ0v) is 10.5. The predicted octanol–water partition coefficient (Wildman–Crippen LogP) is 1.65. The van der Waals surface area contributed by atoms with E-state index in [9.17, 15) is 0 Å². The topological polar surface area (TPSA) is 37.4 Å². The van der Waals surface area contributed by atoms with E-state index in [2.05, 4.69) is 27.3 Å². The second-order valence-corrected chi connectivity index (χ2v) is 4.46. The molecule has 1 N–H and O–H groups in total. The Bertz CT molecular complexity index is 550. The summed E-state index contributed by atoms with van der Waals surface area (Å²) in [6.07, 6.45) is 1.87. The minimum Gasteiger partial charge on any atom is -0.497 e. The van der Waals surface area contributed by atoms with Crippen LogP contribution in [0.2, 0.25) is 0 Å². The van der Waals surface area contributed by atoms with E-state index in [4.69, 9.17) is 4.74 Å². The molecule has 1 saturated heterocycles. The van der Waals surface area contributed by atoms with E-state index < -0.39 is 0 Å². The van der Waals surface area contributed by atoms with Crippen molar-refractivity contribution in [1.29, 1.82) is 0 Å². The number of pyridine rings is 1. The minimum absolute atomic E-state index is 0.889. The molecule has 1 fully saturated rings. The molecule has 1 aromatic carbocycles. The molecule has 1 aromatic heterocycles. The van der Waals surface area contributed by atoms with Gasteiger partial charge in [-0.05, 0) is 29.7 Å². The van der Waals surface area contributed by atoms with Crippen LogP contribution in [0.4, 0.5) is 5.82 Å². The first-order chi connectivity index (χ1) is 8.88. The van der Waals surface area contributed by atoms with E-state index in [1.54, 1.807) is 7.11 Å². The average Bonchev–Trinajstić information content (AvgIpc) is 2.47. The number of hydrogen-bond acceptors (Lipinski definition) is 4. The summed E-state index contributed by atoms with van der Waals surface area (Å²) in [5.41, 5.74) is 0. The van der Waals surface area contributed by atoms with Crippen LogP contribution in [-0.2, 0) is 0 Å². The Balaban J connectivity index is 2.05. The fraction of sp³-hybridized carbons (Fsp3) is 0.357. The summed E-state index contributed by atoms with van der Waals surface area (Å²) < 4.78 is 5.26. The lowest BCUT2D eigenvalue weighted by molar-refractivity contribution is 0.415. The normalized spacial score (nSPS) is 15.9. The van der Waals surface area contributed by atoms with Gasteiger partial charge in [0.1, 0.15) is 11.6 Å². The number of benzene rings is 1. The van der Waals surface area contributed by atoms with Crippen LogP contribution >= 0.6 is 0 Å². The Labute approximate surface area is 107 Å². The maximum atomic E-state index is 5.26. The molecule has 0 unspecified atom stereocenters. The van der Waals surface area contributed by atoms with Gasteiger partial charge in [-0.2, -0.15) is 0 Å². The number of aromatic nitrogens is 1. The Kier molecular flexibility index (Phi) is 3.02. The van der Waals surface area contributed by atoms with Gasteiger partial charge in [-0.1, -0.05) is 0 Å². The fourth-order valence-corrected chi connectivity index (χ4v) is 2.40. The van der Waals surface area contributed by atoms with Crippen molar-refractivity contribution in [2.45, 2.75) is 0 Å². The molecule has 94 valence electrons. The average molecular weight is 243 g/mol. The first-order valence-electron chi connectivity index (χ1n) is 6.27. The van der Waals surface area contributed by atoms with Crippen molar-refractivity contribution in [2.24, 2.45) is 0 Å². The lowest BCUT2D eigenvalue weighted by Crippen LogP contribution is -2.43.